The van der Waals surface area contributed by atoms with E-state index >= 15 is 0 Å². The lowest BCUT2D eigenvalue weighted by atomic mass is 10.1. The van der Waals surface area contributed by atoms with Gasteiger partial charge in [0.2, 0.25) is 0 Å². The molecule has 1 aromatic carbocycles. The first-order chi connectivity index (χ1) is 10.6. The highest BCUT2D eigenvalue weighted by atomic mass is 32.2. The lowest BCUT2D eigenvalue weighted by Gasteiger charge is -2.12. The van der Waals surface area contributed by atoms with Crippen molar-refractivity contribution >= 4 is 34.7 Å². The molecule has 0 unspecified atom stereocenters. The average Bonchev–Trinajstić information content (AvgIpc) is 3.04. The molecule has 22 heavy (non-hydrogen) atoms. The third-order valence-electron chi connectivity index (χ3n) is 3.66. The molecular formula is C17H16N2O2S. The van der Waals surface area contributed by atoms with Crippen LogP contribution in [0.2, 0.25) is 0 Å². The smallest absolute Gasteiger partial charge is 0.298 e. The summed E-state index contributed by atoms with van der Waals surface area (Å²) < 4.78 is 1.91. The van der Waals surface area contributed by atoms with Crippen LogP contribution in [0.4, 0.5) is 10.5 Å². The van der Waals surface area contributed by atoms with Crippen molar-refractivity contribution in [2.24, 2.45) is 7.05 Å². The Labute approximate surface area is 133 Å². The van der Waals surface area contributed by atoms with E-state index in [4.69, 9.17) is 0 Å². The van der Waals surface area contributed by atoms with Gasteiger partial charge in [-0.2, -0.15) is 0 Å². The summed E-state index contributed by atoms with van der Waals surface area (Å²) in [6, 6.07) is 11.3. The molecule has 0 radical (unpaired) electrons. The fraction of sp³-hybridized carbons (Fsp3) is 0.176. The van der Waals surface area contributed by atoms with E-state index in [-0.39, 0.29) is 11.1 Å². The minimum atomic E-state index is -0.263. The molecule has 0 spiro atoms. The number of benzene rings is 1. The van der Waals surface area contributed by atoms with Crippen LogP contribution in [0.3, 0.4) is 0 Å². The Kier molecular flexibility index (Phi) is 3.90. The molecule has 1 fully saturated rings. The zero-order valence-corrected chi connectivity index (χ0v) is 13.3. The van der Waals surface area contributed by atoms with Gasteiger partial charge in [0.15, 0.2) is 0 Å². The van der Waals surface area contributed by atoms with Crippen LogP contribution in [-0.2, 0) is 18.3 Å². The number of hydrogen-bond donors (Lipinski definition) is 0. The fourth-order valence-electron chi connectivity index (χ4n) is 2.33. The normalized spacial score (nSPS) is 16.8. The summed E-state index contributed by atoms with van der Waals surface area (Å²) in [5.41, 5.74) is 2.69. The minimum absolute atomic E-state index is 0.255. The molecule has 0 N–H and O–H groups in total. The minimum Gasteiger partial charge on any atom is -0.351 e. The molecule has 0 atom stereocenters. The molecule has 1 aliphatic rings. The number of nitrogens with zero attached hydrogens (tertiary/aromatic N) is 2. The van der Waals surface area contributed by atoms with Crippen molar-refractivity contribution < 1.29 is 9.59 Å². The van der Waals surface area contributed by atoms with Gasteiger partial charge in [-0.3, -0.25) is 9.59 Å². The number of carbonyl (C=O) groups excluding carboxylic acids is 2. The number of thioether (sulfide) groups is 1. The van der Waals surface area contributed by atoms with Crippen molar-refractivity contribution in [2.75, 3.05) is 4.90 Å². The first-order valence-corrected chi connectivity index (χ1v) is 7.90. The molecule has 5 heteroatoms. The second-order valence-corrected chi connectivity index (χ2v) is 6.07. The molecule has 0 bridgehead atoms. The summed E-state index contributed by atoms with van der Waals surface area (Å²) in [6.45, 7) is 2.07. The van der Waals surface area contributed by atoms with Gasteiger partial charge in [0, 0.05) is 18.9 Å². The van der Waals surface area contributed by atoms with E-state index in [2.05, 4.69) is 6.92 Å². The molecule has 2 aromatic rings. The fourth-order valence-corrected chi connectivity index (χ4v) is 3.16. The number of aryl methyl sites for hydroxylation is 2. The van der Waals surface area contributed by atoms with Crippen LogP contribution in [0.15, 0.2) is 47.5 Å². The van der Waals surface area contributed by atoms with Gasteiger partial charge >= 0.3 is 0 Å². The molecule has 1 aromatic heterocycles. The van der Waals surface area contributed by atoms with Crippen LogP contribution < -0.4 is 4.90 Å². The highest BCUT2D eigenvalue weighted by molar-refractivity contribution is 8.19. The monoisotopic (exact) mass is 312 g/mol. The number of aromatic nitrogens is 1. The van der Waals surface area contributed by atoms with Crippen LogP contribution >= 0.6 is 11.8 Å². The van der Waals surface area contributed by atoms with Crippen LogP contribution in [-0.4, -0.2) is 15.7 Å². The first-order valence-electron chi connectivity index (χ1n) is 7.08. The van der Waals surface area contributed by atoms with Crippen LogP contribution in [0.5, 0.6) is 0 Å². The molecule has 112 valence electrons. The van der Waals surface area contributed by atoms with Crippen molar-refractivity contribution in [3.05, 3.63) is 58.8 Å². The molecule has 4 nitrogen and oxygen atoms in total. The zero-order valence-electron chi connectivity index (χ0n) is 12.4. The maximum absolute atomic E-state index is 12.5. The number of hydrogen-bond acceptors (Lipinski definition) is 3. The molecule has 3 rings (SSSR count). The van der Waals surface area contributed by atoms with Gasteiger partial charge in [-0.05, 0) is 54.1 Å². The van der Waals surface area contributed by atoms with Crippen LogP contribution in [0.1, 0.15) is 18.2 Å². The second-order valence-electron chi connectivity index (χ2n) is 5.08. The number of anilines is 1. The van der Waals surface area contributed by atoms with E-state index in [0.717, 1.165) is 23.9 Å². The lowest BCUT2D eigenvalue weighted by Crippen LogP contribution is -2.27. The number of rotatable bonds is 3. The van der Waals surface area contributed by atoms with Gasteiger partial charge in [-0.1, -0.05) is 19.1 Å². The highest BCUT2D eigenvalue weighted by Gasteiger charge is 2.36. The molecule has 1 aliphatic heterocycles. The number of amides is 2. The second kappa shape index (κ2) is 5.85. The van der Waals surface area contributed by atoms with Crippen molar-refractivity contribution in [3.63, 3.8) is 0 Å². The Hall–Kier alpha value is -2.27. The van der Waals surface area contributed by atoms with Crippen molar-refractivity contribution in [1.82, 2.24) is 4.57 Å². The molecular weight excluding hydrogens is 296 g/mol. The Morgan fingerprint density at radius 3 is 2.45 bits per heavy atom. The van der Waals surface area contributed by atoms with Crippen molar-refractivity contribution in [2.45, 2.75) is 13.3 Å². The maximum atomic E-state index is 12.5. The van der Waals surface area contributed by atoms with E-state index in [1.165, 1.54) is 10.5 Å². The van der Waals surface area contributed by atoms with Gasteiger partial charge in [0.05, 0.1) is 10.6 Å². The third kappa shape index (κ3) is 2.60. The first kappa shape index (κ1) is 14.7. The molecule has 1 saturated heterocycles. The molecule has 2 amide bonds. The predicted octanol–water partition coefficient (Wildman–Crippen LogP) is 3.83. The summed E-state index contributed by atoms with van der Waals surface area (Å²) >= 11 is 0.979. The molecule has 0 aliphatic carbocycles. The molecule has 2 heterocycles. The van der Waals surface area contributed by atoms with E-state index in [1.807, 2.05) is 54.2 Å². The maximum Gasteiger partial charge on any atom is 0.298 e. The van der Waals surface area contributed by atoms with Crippen molar-refractivity contribution in [3.8, 4) is 0 Å². The lowest BCUT2D eigenvalue weighted by molar-refractivity contribution is -0.113. The summed E-state index contributed by atoms with van der Waals surface area (Å²) in [6.07, 6.45) is 4.58. The largest absolute Gasteiger partial charge is 0.351 e. The summed E-state index contributed by atoms with van der Waals surface area (Å²) in [5, 5.41) is -0.255. The number of carbonyl (C=O) groups is 2. The number of imide groups is 1. The van der Waals surface area contributed by atoms with Crippen LogP contribution in [0, 0.1) is 0 Å². The van der Waals surface area contributed by atoms with Crippen LogP contribution in [0.25, 0.3) is 6.08 Å². The van der Waals surface area contributed by atoms with Gasteiger partial charge in [0.25, 0.3) is 11.1 Å². The van der Waals surface area contributed by atoms with Crippen molar-refractivity contribution in [1.29, 1.82) is 0 Å². The van der Waals surface area contributed by atoms with E-state index in [1.54, 1.807) is 6.08 Å². The Morgan fingerprint density at radius 2 is 1.86 bits per heavy atom. The van der Waals surface area contributed by atoms with Gasteiger partial charge in [-0.15, -0.1) is 0 Å². The van der Waals surface area contributed by atoms with E-state index in [0.29, 0.717) is 10.6 Å². The summed E-state index contributed by atoms with van der Waals surface area (Å²) in [4.78, 5) is 26.4. The quantitative estimate of drug-likeness (QED) is 0.809. The third-order valence-corrected chi connectivity index (χ3v) is 4.53. The topological polar surface area (TPSA) is 42.3 Å². The predicted molar refractivity (Wildman–Crippen MR) is 89.7 cm³/mol. The van der Waals surface area contributed by atoms with Gasteiger partial charge in [0.1, 0.15) is 0 Å². The van der Waals surface area contributed by atoms with Gasteiger partial charge < -0.3 is 4.57 Å². The average molecular weight is 312 g/mol. The van der Waals surface area contributed by atoms with E-state index in [9.17, 15) is 9.59 Å². The molecule has 0 saturated carbocycles. The highest BCUT2D eigenvalue weighted by Crippen LogP contribution is 2.35. The zero-order chi connectivity index (χ0) is 15.7. The standard InChI is InChI=1S/C17H16N2O2S/c1-3-12-6-8-13(9-7-12)19-16(20)15(22-17(19)21)11-14-5-4-10-18(14)2/h4-11H,3H2,1-2H3/b15-11+. The van der Waals surface area contributed by atoms with Gasteiger partial charge in [-0.25, -0.2) is 4.90 Å². The summed E-state index contributed by atoms with van der Waals surface area (Å²) in [7, 11) is 1.90. The Balaban J connectivity index is 1.91. The summed E-state index contributed by atoms with van der Waals surface area (Å²) in [5.74, 6) is -0.263. The Morgan fingerprint density at radius 1 is 1.14 bits per heavy atom. The SMILES string of the molecule is CCc1ccc(N2C(=O)S/C(=C/c3cccn3C)C2=O)cc1. The van der Waals surface area contributed by atoms with E-state index < -0.39 is 0 Å². The Bertz CT molecular complexity index is 759.